The number of sulfonamides is 1. The quantitative estimate of drug-likeness (QED) is 0.220. The summed E-state index contributed by atoms with van der Waals surface area (Å²) in [7, 11) is -1.66. The molecule has 32 heavy (non-hydrogen) atoms. The molecule has 7 nitrogen and oxygen atoms in total. The lowest BCUT2D eigenvalue weighted by atomic mass is 9.98. The van der Waals surface area contributed by atoms with E-state index in [1.54, 1.807) is 35.6 Å². The van der Waals surface area contributed by atoms with Gasteiger partial charge in [0.05, 0.1) is 11.4 Å². The molecule has 176 valence electrons. The highest BCUT2D eigenvalue weighted by Gasteiger charge is 2.29. The Kier molecular flexibility index (Phi) is 10.7. The first-order valence-corrected chi connectivity index (χ1v) is 12.1. The van der Waals surface area contributed by atoms with Gasteiger partial charge >= 0.3 is 0 Å². The van der Waals surface area contributed by atoms with Gasteiger partial charge in [-0.15, -0.1) is 24.0 Å². The van der Waals surface area contributed by atoms with Crippen molar-refractivity contribution in [1.29, 1.82) is 0 Å². The van der Waals surface area contributed by atoms with Crippen molar-refractivity contribution >= 4 is 40.0 Å². The molecule has 3 rings (SSSR count). The smallest absolute Gasteiger partial charge is 0.243 e. The molecule has 1 heterocycles. The van der Waals surface area contributed by atoms with E-state index < -0.39 is 10.0 Å². The van der Waals surface area contributed by atoms with Gasteiger partial charge < -0.3 is 15.4 Å². The molecule has 0 unspecified atom stereocenters. The molecule has 9 heteroatoms. The third-order valence-electron chi connectivity index (χ3n) is 5.42. The molecule has 1 aliphatic rings. The van der Waals surface area contributed by atoms with Crippen LogP contribution in [0.3, 0.4) is 0 Å². The van der Waals surface area contributed by atoms with Gasteiger partial charge in [0, 0.05) is 26.7 Å². The van der Waals surface area contributed by atoms with E-state index in [9.17, 15) is 8.42 Å². The van der Waals surface area contributed by atoms with Gasteiger partial charge in [-0.25, -0.2) is 8.42 Å². The Labute approximate surface area is 208 Å². The molecule has 2 aromatic carbocycles. The Morgan fingerprint density at radius 2 is 1.72 bits per heavy atom. The highest BCUT2D eigenvalue weighted by molar-refractivity contribution is 14.0. The fraction of sp³-hybridized carbons (Fsp3) is 0.435. The molecule has 2 N–H and O–H groups in total. The lowest BCUT2D eigenvalue weighted by Gasteiger charge is -2.31. The minimum Gasteiger partial charge on any atom is -0.492 e. The van der Waals surface area contributed by atoms with Crippen molar-refractivity contribution in [3.05, 3.63) is 60.2 Å². The van der Waals surface area contributed by atoms with Crippen LogP contribution in [0.2, 0.25) is 0 Å². The summed E-state index contributed by atoms with van der Waals surface area (Å²) >= 11 is 0. The van der Waals surface area contributed by atoms with Crippen molar-refractivity contribution in [1.82, 2.24) is 14.9 Å². The summed E-state index contributed by atoms with van der Waals surface area (Å²) in [5.74, 6) is 1.99. The number of aryl methyl sites for hydroxylation is 1. The second-order valence-electron chi connectivity index (χ2n) is 7.70. The number of aliphatic imine (C=N–C) groups is 1. The summed E-state index contributed by atoms with van der Waals surface area (Å²) in [6, 6.07) is 16.6. The molecular formula is C23H33IN4O3S. The average molecular weight is 573 g/mol. The van der Waals surface area contributed by atoms with E-state index in [0.29, 0.717) is 37.1 Å². The molecule has 0 aromatic heterocycles. The molecule has 0 amide bonds. The second kappa shape index (κ2) is 13.0. The highest BCUT2D eigenvalue weighted by Crippen LogP contribution is 2.23. The van der Waals surface area contributed by atoms with Crippen molar-refractivity contribution in [2.45, 2.75) is 24.7 Å². The van der Waals surface area contributed by atoms with Crippen molar-refractivity contribution in [2.75, 3.05) is 39.8 Å². The number of nitrogens with zero attached hydrogens (tertiary/aromatic N) is 2. The fourth-order valence-corrected chi connectivity index (χ4v) is 5.02. The Balaban J connectivity index is 0.00000363. The molecule has 0 spiro atoms. The SMILES string of the molecule is CN=C(NCCOc1ccc(C)cc1)NCC1CCN(S(=O)(=O)c2ccccc2)CC1.I. The summed E-state index contributed by atoms with van der Waals surface area (Å²) in [6.07, 6.45) is 1.65. The molecule has 0 aliphatic carbocycles. The van der Waals surface area contributed by atoms with Crippen molar-refractivity contribution in [3.63, 3.8) is 0 Å². The number of hydrogen-bond acceptors (Lipinski definition) is 4. The summed E-state index contributed by atoms with van der Waals surface area (Å²) in [5, 5.41) is 6.60. The predicted octanol–water partition coefficient (Wildman–Crippen LogP) is 3.26. The first-order valence-electron chi connectivity index (χ1n) is 10.7. The van der Waals surface area contributed by atoms with Gasteiger partial charge in [0.2, 0.25) is 10.0 Å². The minimum absolute atomic E-state index is 0. The maximum Gasteiger partial charge on any atom is 0.243 e. The average Bonchev–Trinajstić information content (AvgIpc) is 2.80. The number of nitrogens with one attached hydrogen (secondary N) is 2. The second-order valence-corrected chi connectivity index (χ2v) is 9.64. The van der Waals surface area contributed by atoms with Crippen LogP contribution in [0.5, 0.6) is 5.75 Å². The number of hydrogen-bond donors (Lipinski definition) is 2. The molecule has 2 aromatic rings. The van der Waals surface area contributed by atoms with E-state index in [2.05, 4.69) is 15.6 Å². The van der Waals surface area contributed by atoms with E-state index in [-0.39, 0.29) is 24.0 Å². The summed E-state index contributed by atoms with van der Waals surface area (Å²) in [4.78, 5) is 4.62. The zero-order valence-corrected chi connectivity index (χ0v) is 21.8. The first kappa shape index (κ1) is 26.4. The summed E-state index contributed by atoms with van der Waals surface area (Å²) < 4.78 is 32.8. The lowest BCUT2D eigenvalue weighted by Crippen LogP contribution is -2.44. The third kappa shape index (κ3) is 7.63. The third-order valence-corrected chi connectivity index (χ3v) is 7.33. The topological polar surface area (TPSA) is 83.0 Å². The maximum absolute atomic E-state index is 12.7. The Hall–Kier alpha value is -1.85. The van der Waals surface area contributed by atoms with Crippen LogP contribution >= 0.6 is 24.0 Å². The van der Waals surface area contributed by atoms with Gasteiger partial charge in [0.25, 0.3) is 0 Å². The molecule has 0 bridgehead atoms. The van der Waals surface area contributed by atoms with Crippen LogP contribution in [-0.2, 0) is 10.0 Å². The van der Waals surface area contributed by atoms with E-state index in [1.807, 2.05) is 37.3 Å². The zero-order chi connectivity index (χ0) is 22.1. The van der Waals surface area contributed by atoms with E-state index in [0.717, 1.165) is 31.1 Å². The first-order chi connectivity index (χ1) is 15.0. The van der Waals surface area contributed by atoms with Gasteiger partial charge in [-0.2, -0.15) is 4.31 Å². The number of ether oxygens (including phenoxy) is 1. The van der Waals surface area contributed by atoms with Crippen LogP contribution in [0.15, 0.2) is 64.5 Å². The minimum atomic E-state index is -3.40. The van der Waals surface area contributed by atoms with E-state index >= 15 is 0 Å². The normalized spacial score (nSPS) is 15.6. The van der Waals surface area contributed by atoms with Gasteiger partial charge in [-0.1, -0.05) is 35.9 Å². The Morgan fingerprint density at radius 3 is 2.34 bits per heavy atom. The largest absolute Gasteiger partial charge is 0.492 e. The van der Waals surface area contributed by atoms with Crippen LogP contribution in [0, 0.1) is 12.8 Å². The Morgan fingerprint density at radius 1 is 1.06 bits per heavy atom. The van der Waals surface area contributed by atoms with Crippen molar-refractivity contribution in [3.8, 4) is 5.75 Å². The molecule has 1 aliphatic heterocycles. The lowest BCUT2D eigenvalue weighted by molar-refractivity contribution is 0.273. The van der Waals surface area contributed by atoms with Crippen LogP contribution in [0.1, 0.15) is 18.4 Å². The number of guanidine groups is 1. The number of benzene rings is 2. The standard InChI is InChI=1S/C23H32N4O3S.HI/c1-19-8-10-21(11-9-19)30-17-14-25-23(24-2)26-18-20-12-15-27(16-13-20)31(28,29)22-6-4-3-5-7-22;/h3-11,20H,12-18H2,1-2H3,(H2,24,25,26);1H. The summed E-state index contributed by atoms with van der Waals surface area (Å²) in [6.45, 7) is 5.07. The molecule has 0 radical (unpaired) electrons. The summed E-state index contributed by atoms with van der Waals surface area (Å²) in [5.41, 5.74) is 1.21. The molecule has 1 saturated heterocycles. The molecular weight excluding hydrogens is 539 g/mol. The van der Waals surface area contributed by atoms with Gasteiger partial charge in [-0.05, 0) is 49.9 Å². The van der Waals surface area contributed by atoms with Crippen LogP contribution in [0.25, 0.3) is 0 Å². The number of piperidine rings is 1. The predicted molar refractivity (Wildman–Crippen MR) is 139 cm³/mol. The van der Waals surface area contributed by atoms with Crippen LogP contribution < -0.4 is 15.4 Å². The maximum atomic E-state index is 12.7. The Bertz CT molecular complexity index is 945. The van der Waals surface area contributed by atoms with E-state index in [1.165, 1.54) is 5.56 Å². The molecule has 0 atom stereocenters. The van der Waals surface area contributed by atoms with Gasteiger partial charge in [0.1, 0.15) is 12.4 Å². The fourth-order valence-electron chi connectivity index (χ4n) is 3.53. The van der Waals surface area contributed by atoms with Crippen molar-refractivity contribution < 1.29 is 13.2 Å². The zero-order valence-electron chi connectivity index (χ0n) is 18.7. The van der Waals surface area contributed by atoms with Crippen molar-refractivity contribution in [2.24, 2.45) is 10.9 Å². The number of halogens is 1. The number of rotatable bonds is 8. The van der Waals surface area contributed by atoms with Gasteiger partial charge in [0.15, 0.2) is 5.96 Å². The van der Waals surface area contributed by atoms with Crippen LogP contribution in [0.4, 0.5) is 0 Å². The van der Waals surface area contributed by atoms with E-state index in [4.69, 9.17) is 4.74 Å². The van der Waals surface area contributed by atoms with Gasteiger partial charge in [-0.3, -0.25) is 4.99 Å². The molecule has 0 saturated carbocycles. The monoisotopic (exact) mass is 572 g/mol. The van der Waals surface area contributed by atoms with Crippen LogP contribution in [-0.4, -0.2) is 58.5 Å². The highest BCUT2D eigenvalue weighted by atomic mass is 127. The molecule has 1 fully saturated rings.